The molecule has 1 heterocycles. The summed E-state index contributed by atoms with van der Waals surface area (Å²) in [5, 5.41) is 10.1. The largest absolute Gasteiger partial charge is 0.550 e. The highest BCUT2D eigenvalue weighted by Gasteiger charge is 1.88. The van der Waals surface area contributed by atoms with Gasteiger partial charge >= 0.3 is 0 Å². The first-order valence-corrected chi connectivity index (χ1v) is 5.84. The van der Waals surface area contributed by atoms with E-state index in [2.05, 4.69) is 4.98 Å². The molecule has 19 heavy (non-hydrogen) atoms. The van der Waals surface area contributed by atoms with Crippen molar-refractivity contribution in [2.24, 2.45) is 7.05 Å². The van der Waals surface area contributed by atoms with Crippen molar-refractivity contribution >= 4 is 5.97 Å². The molecule has 4 nitrogen and oxygen atoms in total. The monoisotopic (exact) mass is 262 g/mol. The molecule has 1 aromatic heterocycles. The number of rotatable bonds is 2. The fourth-order valence-electron chi connectivity index (χ4n) is 1.09. The van der Waals surface area contributed by atoms with Crippen molar-refractivity contribution in [3.8, 4) is 0 Å². The predicted molar refractivity (Wildman–Crippen MR) is 76.1 cm³/mol. The number of carbonyl (C=O) groups excluding carboxylic acids is 1. The van der Waals surface area contributed by atoms with Crippen molar-refractivity contribution in [1.82, 2.24) is 9.55 Å². The van der Waals surface area contributed by atoms with Crippen molar-refractivity contribution in [3.63, 3.8) is 0 Å². The summed E-state index contributed by atoms with van der Waals surface area (Å²) in [6.45, 7) is 4.00. The maximum absolute atomic E-state index is 10.1. The quantitative estimate of drug-likeness (QED) is 0.776. The van der Waals surface area contributed by atoms with Gasteiger partial charge in [0.25, 0.3) is 0 Å². The Morgan fingerprint density at radius 3 is 2.16 bits per heavy atom. The van der Waals surface area contributed by atoms with Gasteiger partial charge in [-0.2, -0.15) is 0 Å². The van der Waals surface area contributed by atoms with E-state index in [1.165, 1.54) is 0 Å². The van der Waals surface area contributed by atoms with Crippen LogP contribution in [0.1, 0.15) is 19.4 Å². The number of nitrogens with zero attached hydrogens (tertiary/aromatic N) is 2. The van der Waals surface area contributed by atoms with Gasteiger partial charge in [0.15, 0.2) is 0 Å². The van der Waals surface area contributed by atoms with Crippen LogP contribution >= 0.6 is 0 Å². The van der Waals surface area contributed by atoms with Crippen LogP contribution in [0, 0.1) is 7.43 Å². The molecule has 0 atom stereocenters. The lowest BCUT2D eigenvalue weighted by Gasteiger charge is -1.99. The molecule has 1 aromatic carbocycles. The minimum Gasteiger partial charge on any atom is -0.550 e. The van der Waals surface area contributed by atoms with Gasteiger partial charge in [0.2, 0.25) is 0 Å². The Bertz CT molecular complexity index is 411. The molecule has 0 radical (unpaired) electrons. The Balaban J connectivity index is 0. The molecule has 2 aromatic rings. The van der Waals surface area contributed by atoms with Crippen LogP contribution in [0.25, 0.3) is 0 Å². The van der Waals surface area contributed by atoms with E-state index in [1.54, 1.807) is 36.8 Å². The maximum Gasteiger partial charge on any atom is 0.0943 e. The number of aryl methyl sites for hydroxylation is 1. The molecule has 0 N–H and O–H groups in total. The van der Waals surface area contributed by atoms with E-state index in [1.807, 2.05) is 37.7 Å². The molecule has 0 aliphatic heterocycles. The van der Waals surface area contributed by atoms with Gasteiger partial charge in [0.1, 0.15) is 0 Å². The fourth-order valence-corrected chi connectivity index (χ4v) is 1.09. The molecule has 0 aliphatic rings. The molecule has 0 spiro atoms. The average Bonchev–Trinajstić information content (AvgIpc) is 2.84. The third-order valence-electron chi connectivity index (χ3n) is 1.83. The van der Waals surface area contributed by atoms with Crippen molar-refractivity contribution < 1.29 is 9.90 Å². The molecule has 0 aliphatic carbocycles. The Kier molecular flexibility index (Phi) is 12.3. The Morgan fingerprint density at radius 2 is 1.84 bits per heavy atom. The number of aromatic nitrogens is 2. The van der Waals surface area contributed by atoms with Crippen molar-refractivity contribution in [1.29, 1.82) is 0 Å². The van der Waals surface area contributed by atoms with E-state index in [0.29, 0.717) is 0 Å². The van der Waals surface area contributed by atoms with Gasteiger partial charge in [-0.1, -0.05) is 44.2 Å². The van der Waals surface area contributed by atoms with Crippen LogP contribution in [0.3, 0.4) is 0 Å². The second-order valence-corrected chi connectivity index (χ2v) is 3.26. The molecular weight excluding hydrogens is 240 g/mol. The van der Waals surface area contributed by atoms with Gasteiger partial charge in [0.05, 0.1) is 6.33 Å². The molecule has 0 saturated heterocycles. The first-order chi connectivity index (χ1) is 8.68. The average molecular weight is 262 g/mol. The summed E-state index contributed by atoms with van der Waals surface area (Å²) in [5.74, 6) is -1.04. The topological polar surface area (TPSA) is 58.0 Å². The molecule has 0 fully saturated rings. The van der Waals surface area contributed by atoms with E-state index in [-0.39, 0.29) is 13.8 Å². The van der Waals surface area contributed by atoms with Gasteiger partial charge < -0.3 is 14.5 Å². The van der Waals surface area contributed by atoms with E-state index >= 15 is 0 Å². The molecule has 104 valence electrons. The summed E-state index contributed by atoms with van der Waals surface area (Å²) >= 11 is 0. The SMILES string of the molecule is CC.Cn1ccnc1.O=C([O-])Cc1ccccc1.[CH3+]. The number of benzene rings is 1. The summed E-state index contributed by atoms with van der Waals surface area (Å²) in [6.07, 6.45) is 5.39. The first-order valence-electron chi connectivity index (χ1n) is 5.84. The second-order valence-electron chi connectivity index (χ2n) is 3.26. The van der Waals surface area contributed by atoms with Gasteiger partial charge in [-0.15, -0.1) is 0 Å². The van der Waals surface area contributed by atoms with E-state index < -0.39 is 5.97 Å². The van der Waals surface area contributed by atoms with E-state index in [0.717, 1.165) is 5.56 Å². The molecule has 0 amide bonds. The maximum atomic E-state index is 10.1. The zero-order valence-electron chi connectivity index (χ0n) is 12.0. The Morgan fingerprint density at radius 1 is 1.26 bits per heavy atom. The zero-order valence-corrected chi connectivity index (χ0v) is 12.0. The lowest BCUT2D eigenvalue weighted by Crippen LogP contribution is -2.24. The van der Waals surface area contributed by atoms with Gasteiger partial charge in [-0.05, 0) is 5.56 Å². The smallest absolute Gasteiger partial charge is 0.0943 e. The first kappa shape index (κ1) is 19.1. The molecular formula is C15H22N2O2. The van der Waals surface area contributed by atoms with Crippen LogP contribution in [0.4, 0.5) is 0 Å². The van der Waals surface area contributed by atoms with E-state index in [4.69, 9.17) is 0 Å². The van der Waals surface area contributed by atoms with E-state index in [9.17, 15) is 9.90 Å². The Labute approximate surface area is 115 Å². The number of hydrogen-bond acceptors (Lipinski definition) is 3. The lowest BCUT2D eigenvalue weighted by molar-refractivity contribution is -0.304. The number of imidazole rings is 1. The summed E-state index contributed by atoms with van der Waals surface area (Å²) in [5.41, 5.74) is 0.780. The minimum absolute atomic E-state index is 0. The van der Waals surface area contributed by atoms with Gasteiger partial charge in [0, 0.05) is 39.3 Å². The number of carboxylic acids is 1. The van der Waals surface area contributed by atoms with Crippen molar-refractivity contribution in [3.05, 3.63) is 62.0 Å². The standard InChI is InChI=1S/C8H8O2.C4H6N2.C2H6.CH3/c9-8(10)6-7-4-2-1-3-5-7;1-6-3-2-5-4-6;1-2;/h1-5H,6H2,(H,9,10);2-4H,1H3;1-2H3;1H3/q;;;+1/p-1. The molecule has 0 bridgehead atoms. The van der Waals surface area contributed by atoms with Crippen molar-refractivity contribution in [2.75, 3.05) is 0 Å². The summed E-state index contributed by atoms with van der Waals surface area (Å²) < 4.78 is 1.89. The van der Waals surface area contributed by atoms with Crippen LogP contribution in [-0.4, -0.2) is 15.5 Å². The zero-order chi connectivity index (χ0) is 13.8. The van der Waals surface area contributed by atoms with Crippen LogP contribution in [0.15, 0.2) is 49.1 Å². The number of aliphatic carboxylic acids is 1. The summed E-state index contributed by atoms with van der Waals surface area (Å²) in [6, 6.07) is 8.97. The summed E-state index contributed by atoms with van der Waals surface area (Å²) in [4.78, 5) is 13.8. The normalized spacial score (nSPS) is 7.95. The van der Waals surface area contributed by atoms with Crippen LogP contribution in [-0.2, 0) is 18.3 Å². The van der Waals surface area contributed by atoms with Crippen LogP contribution < -0.4 is 5.11 Å². The fraction of sp³-hybridized carbons (Fsp3) is 0.267. The number of carbonyl (C=O) groups is 1. The highest BCUT2D eigenvalue weighted by atomic mass is 16.4. The highest BCUT2D eigenvalue weighted by molar-refractivity contribution is 5.67. The summed E-state index contributed by atoms with van der Waals surface area (Å²) in [7, 11) is 1.94. The molecule has 4 heteroatoms. The third kappa shape index (κ3) is 10.6. The molecule has 2 rings (SSSR count). The van der Waals surface area contributed by atoms with Crippen molar-refractivity contribution in [2.45, 2.75) is 20.3 Å². The van der Waals surface area contributed by atoms with Crippen LogP contribution in [0.2, 0.25) is 0 Å². The minimum atomic E-state index is -1.04. The predicted octanol–water partition coefficient (Wildman–Crippen LogP) is 1.88. The lowest BCUT2D eigenvalue weighted by atomic mass is 10.2. The van der Waals surface area contributed by atoms with Gasteiger partial charge in [-0.3, -0.25) is 0 Å². The highest BCUT2D eigenvalue weighted by Crippen LogP contribution is 1.97. The molecule has 0 saturated carbocycles. The second kappa shape index (κ2) is 12.2. The van der Waals surface area contributed by atoms with Gasteiger partial charge in [-0.25, -0.2) is 4.98 Å². The Hall–Kier alpha value is -2.23. The van der Waals surface area contributed by atoms with Crippen LogP contribution in [0.5, 0.6) is 0 Å². The number of hydrogen-bond donors (Lipinski definition) is 0. The third-order valence-corrected chi connectivity index (χ3v) is 1.83. The molecule has 0 unspecified atom stereocenters. The number of carboxylic acid groups (broad SMARTS) is 1.